The molecule has 5 nitrogen and oxygen atoms in total. The van der Waals surface area contributed by atoms with Gasteiger partial charge in [-0.3, -0.25) is 4.79 Å². The molecule has 0 amide bonds. The van der Waals surface area contributed by atoms with Crippen molar-refractivity contribution in [3.8, 4) is 11.5 Å². The Morgan fingerprint density at radius 2 is 1.85 bits per heavy atom. The summed E-state index contributed by atoms with van der Waals surface area (Å²) < 4.78 is 22.9. The Morgan fingerprint density at radius 3 is 2.58 bits per heavy atom. The lowest BCUT2D eigenvalue weighted by molar-refractivity contribution is 0.303. The average Bonchev–Trinajstić information content (AvgIpc) is 3.09. The van der Waals surface area contributed by atoms with Crippen molar-refractivity contribution in [2.45, 2.75) is 13.5 Å². The van der Waals surface area contributed by atoms with E-state index in [-0.39, 0.29) is 12.0 Å². The number of rotatable bonds is 4. The van der Waals surface area contributed by atoms with Gasteiger partial charge in [0.15, 0.2) is 16.6 Å². The molecule has 0 saturated heterocycles. The summed E-state index contributed by atoms with van der Waals surface area (Å²) in [7, 11) is 1.51. The molecule has 2 heterocycles. The predicted octanol–water partition coefficient (Wildman–Crippen LogP) is 5.09. The first kappa shape index (κ1) is 16.5. The fourth-order valence-corrected chi connectivity index (χ4v) is 3.09. The van der Waals surface area contributed by atoms with E-state index in [9.17, 15) is 4.79 Å². The minimum absolute atomic E-state index is 0.194. The van der Waals surface area contributed by atoms with Gasteiger partial charge in [-0.1, -0.05) is 23.7 Å². The number of hydrogen-bond acceptors (Lipinski definition) is 5. The third kappa shape index (κ3) is 2.70. The first-order chi connectivity index (χ1) is 12.6. The number of methoxy groups -OCH3 is 1. The fraction of sp³-hybridized carbons (Fsp3) is 0.150. The largest absolute Gasteiger partial charge is 0.495 e. The van der Waals surface area contributed by atoms with Gasteiger partial charge in [0.05, 0.1) is 18.8 Å². The Kier molecular flexibility index (Phi) is 4.09. The number of hydrogen-bond donors (Lipinski definition) is 0. The molecule has 132 valence electrons. The summed E-state index contributed by atoms with van der Waals surface area (Å²) in [6, 6.07) is 10.5. The van der Waals surface area contributed by atoms with E-state index in [0.29, 0.717) is 44.2 Å². The highest BCUT2D eigenvalue weighted by atomic mass is 35.5. The minimum Gasteiger partial charge on any atom is -0.495 e. The van der Waals surface area contributed by atoms with Crippen molar-refractivity contribution in [1.29, 1.82) is 0 Å². The van der Waals surface area contributed by atoms with Crippen molar-refractivity contribution >= 4 is 33.5 Å². The summed E-state index contributed by atoms with van der Waals surface area (Å²) in [5, 5.41) is 1.64. The van der Waals surface area contributed by atoms with Crippen LogP contribution >= 0.6 is 11.6 Å². The topological polar surface area (TPSA) is 61.8 Å². The molecule has 0 unspecified atom stereocenters. The molecule has 0 N–H and O–H groups in total. The number of fused-ring (bicyclic) bond motifs is 2. The lowest BCUT2D eigenvalue weighted by Gasteiger charge is -2.13. The van der Waals surface area contributed by atoms with Crippen LogP contribution in [0.25, 0.3) is 21.9 Å². The zero-order chi connectivity index (χ0) is 18.3. The van der Waals surface area contributed by atoms with Gasteiger partial charge in [0.25, 0.3) is 0 Å². The second-order valence-electron chi connectivity index (χ2n) is 5.87. The Morgan fingerprint density at radius 1 is 1.08 bits per heavy atom. The van der Waals surface area contributed by atoms with E-state index >= 15 is 0 Å². The first-order valence-electron chi connectivity index (χ1n) is 7.97. The van der Waals surface area contributed by atoms with Crippen LogP contribution in [0.15, 0.2) is 56.3 Å². The Hall–Kier alpha value is -2.92. The SMILES string of the molecule is COc1c2ccoc2c(OCc2ccc(Cl)cc2)c2oc(C)cc(=O)c12. The molecule has 0 radical (unpaired) electrons. The standard InChI is InChI=1S/C20H15ClO5/c1-11-9-15(22)16-17(23-2)14-7-8-24-18(14)20(19(16)26-11)25-10-12-3-5-13(21)6-4-12/h3-9H,10H2,1-2H3. The second-order valence-corrected chi connectivity index (χ2v) is 6.30. The third-order valence-corrected chi connectivity index (χ3v) is 4.37. The third-order valence-electron chi connectivity index (χ3n) is 4.12. The van der Waals surface area contributed by atoms with E-state index in [1.165, 1.54) is 19.4 Å². The van der Waals surface area contributed by atoms with Crippen molar-refractivity contribution < 1.29 is 18.3 Å². The number of ether oxygens (including phenoxy) is 2. The van der Waals surface area contributed by atoms with Crippen LogP contribution in [-0.4, -0.2) is 7.11 Å². The highest BCUT2D eigenvalue weighted by molar-refractivity contribution is 6.30. The maximum Gasteiger partial charge on any atom is 0.206 e. The normalized spacial score (nSPS) is 11.2. The fourth-order valence-electron chi connectivity index (χ4n) is 2.97. The molecule has 0 atom stereocenters. The van der Waals surface area contributed by atoms with Crippen LogP contribution in [0.4, 0.5) is 0 Å². The summed E-state index contributed by atoms with van der Waals surface area (Å²) in [5.41, 5.74) is 1.51. The zero-order valence-corrected chi connectivity index (χ0v) is 14.9. The maximum atomic E-state index is 12.6. The van der Waals surface area contributed by atoms with Gasteiger partial charge in [-0.15, -0.1) is 0 Å². The van der Waals surface area contributed by atoms with E-state index in [4.69, 9.17) is 29.9 Å². The molecule has 0 aliphatic carbocycles. The summed E-state index contributed by atoms with van der Waals surface area (Å²) in [6.07, 6.45) is 1.53. The molecule has 0 aliphatic rings. The summed E-state index contributed by atoms with van der Waals surface area (Å²) in [5.74, 6) is 1.26. The average molecular weight is 371 g/mol. The van der Waals surface area contributed by atoms with Gasteiger partial charge in [0, 0.05) is 11.1 Å². The lowest BCUT2D eigenvalue weighted by Crippen LogP contribution is -2.05. The quantitative estimate of drug-likeness (QED) is 0.500. The Balaban J connectivity index is 1.92. The molecule has 2 aromatic carbocycles. The summed E-state index contributed by atoms with van der Waals surface area (Å²) in [4.78, 5) is 12.6. The van der Waals surface area contributed by atoms with E-state index in [1.807, 2.05) is 12.1 Å². The van der Waals surface area contributed by atoms with E-state index in [0.717, 1.165) is 5.56 Å². The van der Waals surface area contributed by atoms with E-state index in [1.54, 1.807) is 25.1 Å². The molecular formula is C20H15ClO5. The second kappa shape index (κ2) is 6.42. The van der Waals surface area contributed by atoms with Crippen molar-refractivity contribution in [2.75, 3.05) is 7.11 Å². The number of halogens is 1. The van der Waals surface area contributed by atoms with Crippen LogP contribution in [0.3, 0.4) is 0 Å². The van der Waals surface area contributed by atoms with Gasteiger partial charge in [0.1, 0.15) is 23.5 Å². The molecule has 26 heavy (non-hydrogen) atoms. The molecule has 0 spiro atoms. The molecule has 4 aromatic rings. The van der Waals surface area contributed by atoms with Gasteiger partial charge in [-0.2, -0.15) is 0 Å². The first-order valence-corrected chi connectivity index (χ1v) is 8.35. The molecule has 4 rings (SSSR count). The van der Waals surface area contributed by atoms with Crippen LogP contribution in [-0.2, 0) is 6.61 Å². The van der Waals surface area contributed by atoms with Crippen molar-refractivity contribution in [3.63, 3.8) is 0 Å². The van der Waals surface area contributed by atoms with Crippen molar-refractivity contribution in [3.05, 3.63) is 69.2 Å². The highest BCUT2D eigenvalue weighted by Gasteiger charge is 2.22. The number of aryl methyl sites for hydroxylation is 1. The molecule has 0 fully saturated rings. The monoisotopic (exact) mass is 370 g/mol. The number of furan rings is 1. The molecule has 0 saturated carbocycles. The molecule has 0 aliphatic heterocycles. The summed E-state index contributed by atoms with van der Waals surface area (Å²) in [6.45, 7) is 1.98. The van der Waals surface area contributed by atoms with Crippen LogP contribution in [0.5, 0.6) is 11.5 Å². The molecular weight excluding hydrogens is 356 g/mol. The van der Waals surface area contributed by atoms with Gasteiger partial charge in [0.2, 0.25) is 5.75 Å². The molecule has 2 aromatic heterocycles. The Labute approximate surface area is 153 Å². The van der Waals surface area contributed by atoms with Crippen LogP contribution in [0.1, 0.15) is 11.3 Å². The van der Waals surface area contributed by atoms with Crippen LogP contribution < -0.4 is 14.9 Å². The maximum absolute atomic E-state index is 12.6. The van der Waals surface area contributed by atoms with Crippen LogP contribution in [0, 0.1) is 6.92 Å². The van der Waals surface area contributed by atoms with E-state index < -0.39 is 0 Å². The number of benzene rings is 2. The van der Waals surface area contributed by atoms with E-state index in [2.05, 4.69) is 0 Å². The van der Waals surface area contributed by atoms with Gasteiger partial charge in [-0.25, -0.2) is 0 Å². The van der Waals surface area contributed by atoms with Gasteiger partial charge < -0.3 is 18.3 Å². The molecule has 0 bridgehead atoms. The Bertz CT molecular complexity index is 1150. The molecule has 6 heteroatoms. The lowest BCUT2D eigenvalue weighted by atomic mass is 10.1. The van der Waals surface area contributed by atoms with Crippen molar-refractivity contribution in [1.82, 2.24) is 0 Å². The highest BCUT2D eigenvalue weighted by Crippen LogP contribution is 2.42. The van der Waals surface area contributed by atoms with Crippen LogP contribution in [0.2, 0.25) is 5.02 Å². The van der Waals surface area contributed by atoms with Crippen molar-refractivity contribution in [2.24, 2.45) is 0 Å². The predicted molar refractivity (Wildman–Crippen MR) is 99.3 cm³/mol. The zero-order valence-electron chi connectivity index (χ0n) is 14.2. The van der Waals surface area contributed by atoms with Gasteiger partial charge in [-0.05, 0) is 30.7 Å². The van der Waals surface area contributed by atoms with Gasteiger partial charge >= 0.3 is 0 Å². The minimum atomic E-state index is -0.194. The summed E-state index contributed by atoms with van der Waals surface area (Å²) >= 11 is 5.92. The smallest absolute Gasteiger partial charge is 0.206 e.